The Labute approximate surface area is 115 Å². The Morgan fingerprint density at radius 2 is 1.89 bits per heavy atom. The first-order chi connectivity index (χ1) is 8.49. The van der Waals surface area contributed by atoms with Crippen molar-refractivity contribution in [2.75, 3.05) is 5.73 Å². The molecule has 18 heavy (non-hydrogen) atoms. The van der Waals surface area contributed by atoms with E-state index in [-0.39, 0.29) is 5.02 Å². The van der Waals surface area contributed by atoms with Crippen LogP contribution < -0.4 is 5.73 Å². The van der Waals surface area contributed by atoms with Crippen LogP contribution in [0.15, 0.2) is 30.3 Å². The molecule has 0 saturated carbocycles. The molecule has 2 N–H and O–H groups in total. The minimum absolute atomic E-state index is 0.115. The number of nitrogens with two attached hydrogens (primary N) is 1. The van der Waals surface area contributed by atoms with Crippen LogP contribution in [-0.4, -0.2) is 0 Å². The summed E-state index contributed by atoms with van der Waals surface area (Å²) in [7, 11) is 0. The molecule has 0 spiro atoms. The summed E-state index contributed by atoms with van der Waals surface area (Å²) < 4.78 is 13.8. The van der Waals surface area contributed by atoms with E-state index in [9.17, 15) is 4.39 Å². The van der Waals surface area contributed by atoms with E-state index in [1.54, 1.807) is 18.2 Å². The number of aryl methyl sites for hydroxylation is 1. The monoisotopic (exact) mass is 283 g/mol. The van der Waals surface area contributed by atoms with Gasteiger partial charge < -0.3 is 5.73 Å². The van der Waals surface area contributed by atoms with Gasteiger partial charge >= 0.3 is 0 Å². The van der Waals surface area contributed by atoms with Crippen LogP contribution >= 0.6 is 23.2 Å². The predicted octanol–water partition coefficient (Wildman–Crippen LogP) is 4.61. The summed E-state index contributed by atoms with van der Waals surface area (Å²) in [6, 6.07) is 8.62. The highest BCUT2D eigenvalue weighted by atomic mass is 35.5. The van der Waals surface area contributed by atoms with Gasteiger partial charge in [-0.15, -0.1) is 0 Å². The number of hydrogen-bond donors (Lipinski definition) is 1. The highest BCUT2D eigenvalue weighted by Crippen LogP contribution is 2.29. The van der Waals surface area contributed by atoms with Crippen LogP contribution in [0, 0.1) is 12.7 Å². The van der Waals surface area contributed by atoms with E-state index in [4.69, 9.17) is 28.9 Å². The third-order valence-corrected chi connectivity index (χ3v) is 3.49. The van der Waals surface area contributed by atoms with Crippen molar-refractivity contribution in [2.45, 2.75) is 13.3 Å². The smallest absolute Gasteiger partial charge is 0.145 e. The van der Waals surface area contributed by atoms with E-state index in [0.29, 0.717) is 22.7 Å². The van der Waals surface area contributed by atoms with Gasteiger partial charge in [-0.1, -0.05) is 41.4 Å². The zero-order valence-electron chi connectivity index (χ0n) is 9.81. The molecule has 0 heterocycles. The highest BCUT2D eigenvalue weighted by molar-refractivity contribution is 6.34. The Morgan fingerprint density at radius 1 is 1.17 bits per heavy atom. The van der Waals surface area contributed by atoms with Gasteiger partial charge in [0.15, 0.2) is 0 Å². The molecule has 0 aliphatic rings. The Balaban J connectivity index is 2.43. The zero-order chi connectivity index (χ0) is 13.3. The van der Waals surface area contributed by atoms with E-state index in [1.165, 1.54) is 6.07 Å². The summed E-state index contributed by atoms with van der Waals surface area (Å²) in [4.78, 5) is 0. The van der Waals surface area contributed by atoms with Gasteiger partial charge in [0.2, 0.25) is 0 Å². The molecule has 2 rings (SSSR count). The van der Waals surface area contributed by atoms with E-state index in [2.05, 4.69) is 0 Å². The minimum atomic E-state index is -0.407. The van der Waals surface area contributed by atoms with Gasteiger partial charge in [-0.25, -0.2) is 4.39 Å². The van der Waals surface area contributed by atoms with Gasteiger partial charge in [0, 0.05) is 6.42 Å². The fourth-order valence-corrected chi connectivity index (χ4v) is 2.26. The summed E-state index contributed by atoms with van der Waals surface area (Å²) in [5.41, 5.74) is 8.60. The largest absolute Gasteiger partial charge is 0.398 e. The molecule has 2 aromatic rings. The lowest BCUT2D eigenvalue weighted by Gasteiger charge is -2.10. The van der Waals surface area contributed by atoms with Gasteiger partial charge in [0.05, 0.1) is 15.7 Å². The number of rotatable bonds is 2. The molecule has 0 saturated heterocycles. The average Bonchev–Trinajstić information content (AvgIpc) is 2.31. The molecule has 0 aliphatic heterocycles. The second kappa shape index (κ2) is 5.17. The first-order valence-electron chi connectivity index (χ1n) is 5.46. The quantitative estimate of drug-likeness (QED) is 0.800. The maximum atomic E-state index is 13.8. The molecule has 94 valence electrons. The first kappa shape index (κ1) is 13.2. The molecule has 2 aromatic carbocycles. The molecular formula is C14H12Cl2FN. The summed E-state index contributed by atoms with van der Waals surface area (Å²) in [5, 5.41) is 0.587. The van der Waals surface area contributed by atoms with Crippen LogP contribution in [0.1, 0.15) is 16.7 Å². The third-order valence-electron chi connectivity index (χ3n) is 2.73. The lowest BCUT2D eigenvalue weighted by Crippen LogP contribution is -1.98. The molecule has 0 fully saturated rings. The summed E-state index contributed by atoms with van der Waals surface area (Å²) >= 11 is 11.9. The number of hydrogen-bond acceptors (Lipinski definition) is 1. The van der Waals surface area contributed by atoms with Crippen molar-refractivity contribution in [2.24, 2.45) is 0 Å². The molecule has 0 bridgehead atoms. The van der Waals surface area contributed by atoms with Crippen molar-refractivity contribution in [3.05, 3.63) is 62.9 Å². The van der Waals surface area contributed by atoms with Crippen LogP contribution in [0.25, 0.3) is 0 Å². The van der Waals surface area contributed by atoms with Gasteiger partial charge in [-0.05, 0) is 35.7 Å². The van der Waals surface area contributed by atoms with E-state index in [1.807, 2.05) is 13.0 Å². The first-order valence-corrected chi connectivity index (χ1v) is 6.22. The molecule has 0 unspecified atom stereocenters. The molecular weight excluding hydrogens is 272 g/mol. The van der Waals surface area contributed by atoms with Crippen molar-refractivity contribution < 1.29 is 4.39 Å². The Kier molecular flexibility index (Phi) is 3.79. The molecule has 0 aromatic heterocycles. The van der Waals surface area contributed by atoms with Gasteiger partial charge in [0.25, 0.3) is 0 Å². The lowest BCUT2D eigenvalue weighted by molar-refractivity contribution is 0.614. The van der Waals surface area contributed by atoms with Gasteiger partial charge in [0.1, 0.15) is 5.82 Å². The summed E-state index contributed by atoms with van der Waals surface area (Å²) in [6.07, 6.45) is 0.372. The lowest BCUT2D eigenvalue weighted by atomic mass is 10.0. The third kappa shape index (κ3) is 2.60. The molecule has 1 nitrogen and oxygen atoms in total. The molecule has 4 heteroatoms. The Hall–Kier alpha value is -1.25. The normalized spacial score (nSPS) is 10.7. The molecule has 0 aliphatic carbocycles. The van der Waals surface area contributed by atoms with Crippen molar-refractivity contribution >= 4 is 28.9 Å². The predicted molar refractivity (Wildman–Crippen MR) is 74.8 cm³/mol. The van der Waals surface area contributed by atoms with Crippen LogP contribution in [0.3, 0.4) is 0 Å². The topological polar surface area (TPSA) is 26.0 Å². The second-order valence-corrected chi connectivity index (χ2v) is 5.00. The van der Waals surface area contributed by atoms with Crippen LogP contribution in [-0.2, 0) is 6.42 Å². The van der Waals surface area contributed by atoms with Crippen LogP contribution in [0.5, 0.6) is 0 Å². The summed E-state index contributed by atoms with van der Waals surface area (Å²) in [5.74, 6) is -0.407. The molecule has 0 atom stereocenters. The van der Waals surface area contributed by atoms with Gasteiger partial charge in [-0.2, -0.15) is 0 Å². The molecule has 0 amide bonds. The minimum Gasteiger partial charge on any atom is -0.398 e. The van der Waals surface area contributed by atoms with Crippen molar-refractivity contribution in [1.29, 1.82) is 0 Å². The number of halogens is 3. The van der Waals surface area contributed by atoms with Crippen LogP contribution in [0.2, 0.25) is 10.0 Å². The zero-order valence-corrected chi connectivity index (χ0v) is 11.3. The van der Waals surface area contributed by atoms with Crippen molar-refractivity contribution in [3.63, 3.8) is 0 Å². The van der Waals surface area contributed by atoms with Gasteiger partial charge in [-0.3, -0.25) is 0 Å². The van der Waals surface area contributed by atoms with Crippen molar-refractivity contribution in [1.82, 2.24) is 0 Å². The fraction of sp³-hybridized carbons (Fsp3) is 0.143. The maximum Gasteiger partial charge on any atom is 0.145 e. The van der Waals surface area contributed by atoms with E-state index < -0.39 is 5.82 Å². The Bertz CT molecular complexity index is 597. The summed E-state index contributed by atoms with van der Waals surface area (Å²) in [6.45, 7) is 1.92. The van der Waals surface area contributed by atoms with Crippen LogP contribution in [0.4, 0.5) is 10.1 Å². The standard InChI is InChI=1S/C14H12Cl2FN/c1-8-5-10(13(16)12(18)6-8)7-9-3-2-4-11(15)14(9)17/h2-6H,7,18H2,1H3. The SMILES string of the molecule is Cc1cc(N)c(Cl)c(Cc2cccc(Cl)c2F)c1. The van der Waals surface area contributed by atoms with Crippen molar-refractivity contribution in [3.8, 4) is 0 Å². The van der Waals surface area contributed by atoms with E-state index >= 15 is 0 Å². The second-order valence-electron chi connectivity index (χ2n) is 4.22. The number of anilines is 1. The molecule has 0 radical (unpaired) electrons. The average molecular weight is 284 g/mol. The number of benzene rings is 2. The Morgan fingerprint density at radius 3 is 2.61 bits per heavy atom. The fourth-order valence-electron chi connectivity index (χ4n) is 1.89. The highest BCUT2D eigenvalue weighted by Gasteiger charge is 2.11. The van der Waals surface area contributed by atoms with E-state index in [0.717, 1.165) is 11.1 Å². The number of nitrogen functional groups attached to an aromatic ring is 1. The maximum absolute atomic E-state index is 13.8.